The third-order valence-corrected chi connectivity index (χ3v) is 2.71. The van der Waals surface area contributed by atoms with Crippen LogP contribution in [-0.4, -0.2) is 17.6 Å². The lowest BCUT2D eigenvalue weighted by Crippen LogP contribution is -2.06. The van der Waals surface area contributed by atoms with Crippen molar-refractivity contribution in [2.24, 2.45) is 0 Å². The summed E-state index contributed by atoms with van der Waals surface area (Å²) >= 11 is 5.93. The van der Waals surface area contributed by atoms with Crippen LogP contribution in [0.1, 0.15) is 17.3 Å². The van der Waals surface area contributed by atoms with Gasteiger partial charge in [-0.3, -0.25) is 4.98 Å². The third kappa shape index (κ3) is 2.13. The normalized spacial score (nSPS) is 10.7. The molecule has 18 heavy (non-hydrogen) atoms. The fraction of sp³-hybridized carbons (Fsp3) is 0.167. The number of hydrogen-bond donors (Lipinski definition) is 0. The van der Waals surface area contributed by atoms with Gasteiger partial charge in [0.2, 0.25) is 0 Å². The maximum atomic E-state index is 13.6. The molecule has 0 aliphatic rings. The lowest BCUT2D eigenvalue weighted by molar-refractivity contribution is 0.0526. The number of rotatable bonds is 2. The van der Waals surface area contributed by atoms with Crippen molar-refractivity contribution in [3.63, 3.8) is 0 Å². The second-order valence-electron chi connectivity index (χ2n) is 3.49. The zero-order valence-corrected chi connectivity index (χ0v) is 10.1. The van der Waals surface area contributed by atoms with Gasteiger partial charge in [-0.05, 0) is 6.92 Å². The van der Waals surface area contributed by atoms with Crippen LogP contribution in [0.3, 0.4) is 0 Å². The Hall–Kier alpha value is -1.75. The molecular formula is C12H8ClF2NO2. The molecule has 0 radical (unpaired) electrons. The summed E-state index contributed by atoms with van der Waals surface area (Å²) in [5.41, 5.74) is 0.00192. The lowest BCUT2D eigenvalue weighted by Gasteiger charge is -2.07. The summed E-state index contributed by atoms with van der Waals surface area (Å²) in [6.07, 6.45) is 1.14. The van der Waals surface area contributed by atoms with Crippen molar-refractivity contribution >= 4 is 28.5 Å². The smallest absolute Gasteiger partial charge is 0.341 e. The van der Waals surface area contributed by atoms with Gasteiger partial charge < -0.3 is 4.74 Å². The summed E-state index contributed by atoms with van der Waals surface area (Å²) in [6, 6.07) is 1.73. The molecule has 0 saturated heterocycles. The molecule has 0 aliphatic heterocycles. The number of nitrogens with zero attached hydrogens (tertiary/aromatic N) is 1. The number of ether oxygens (including phenoxy) is 1. The van der Waals surface area contributed by atoms with E-state index >= 15 is 0 Å². The Morgan fingerprint density at radius 1 is 1.44 bits per heavy atom. The molecule has 0 aliphatic carbocycles. The fourth-order valence-corrected chi connectivity index (χ4v) is 1.87. The highest BCUT2D eigenvalue weighted by molar-refractivity contribution is 6.38. The number of benzene rings is 1. The van der Waals surface area contributed by atoms with Gasteiger partial charge in [-0.1, -0.05) is 11.6 Å². The van der Waals surface area contributed by atoms with Crippen LogP contribution in [0.15, 0.2) is 18.3 Å². The quantitative estimate of drug-likeness (QED) is 0.787. The molecule has 1 aromatic carbocycles. The summed E-state index contributed by atoms with van der Waals surface area (Å²) in [7, 11) is 0. The third-order valence-electron chi connectivity index (χ3n) is 2.32. The number of pyridine rings is 1. The van der Waals surface area contributed by atoms with Crippen LogP contribution in [0.25, 0.3) is 10.9 Å². The minimum atomic E-state index is -0.867. The Bertz CT molecular complexity index is 631. The first-order valence-electron chi connectivity index (χ1n) is 5.15. The summed E-state index contributed by atoms with van der Waals surface area (Å²) in [6.45, 7) is 1.80. The summed E-state index contributed by atoms with van der Waals surface area (Å²) in [4.78, 5) is 15.3. The van der Waals surface area contributed by atoms with Gasteiger partial charge in [0.25, 0.3) is 0 Å². The molecule has 0 fully saturated rings. The number of carbonyl (C=O) groups excluding carboxylic acids is 1. The van der Waals surface area contributed by atoms with Crippen molar-refractivity contribution in [2.75, 3.05) is 6.61 Å². The van der Waals surface area contributed by atoms with Crippen LogP contribution in [-0.2, 0) is 4.74 Å². The van der Waals surface area contributed by atoms with E-state index in [1.54, 1.807) is 6.92 Å². The van der Waals surface area contributed by atoms with Crippen LogP contribution in [0.2, 0.25) is 5.02 Å². The molecule has 0 saturated carbocycles. The van der Waals surface area contributed by atoms with E-state index in [4.69, 9.17) is 16.3 Å². The molecule has 2 aromatic rings. The topological polar surface area (TPSA) is 39.2 Å². The standard InChI is InChI=1S/C12H8ClF2NO2/c1-2-18-12(17)7-5-16-9-4-6(14)3-8(15)10(9)11(7)13/h3-5H,2H2,1H3. The van der Waals surface area contributed by atoms with Crippen LogP contribution in [0, 0.1) is 11.6 Å². The van der Waals surface area contributed by atoms with Gasteiger partial charge in [-0.25, -0.2) is 13.6 Å². The van der Waals surface area contributed by atoms with E-state index in [1.165, 1.54) is 0 Å². The van der Waals surface area contributed by atoms with Crippen LogP contribution < -0.4 is 0 Å². The Morgan fingerprint density at radius 2 is 2.17 bits per heavy atom. The minimum Gasteiger partial charge on any atom is -0.462 e. The molecule has 0 N–H and O–H groups in total. The zero-order valence-electron chi connectivity index (χ0n) is 9.34. The van der Waals surface area contributed by atoms with Gasteiger partial charge in [0, 0.05) is 18.3 Å². The van der Waals surface area contributed by atoms with Crippen LogP contribution in [0.5, 0.6) is 0 Å². The van der Waals surface area contributed by atoms with Crippen molar-refractivity contribution < 1.29 is 18.3 Å². The molecule has 94 valence electrons. The first-order chi connectivity index (χ1) is 8.54. The SMILES string of the molecule is CCOC(=O)c1cnc2cc(F)cc(F)c2c1Cl. The number of halogens is 3. The fourth-order valence-electron chi connectivity index (χ4n) is 1.56. The van der Waals surface area contributed by atoms with Crippen molar-refractivity contribution in [1.82, 2.24) is 4.98 Å². The van der Waals surface area contributed by atoms with Crippen LogP contribution >= 0.6 is 11.6 Å². The number of esters is 1. The van der Waals surface area contributed by atoms with Gasteiger partial charge in [-0.15, -0.1) is 0 Å². The Labute approximate surface area is 106 Å². The van der Waals surface area contributed by atoms with E-state index in [0.717, 1.165) is 12.3 Å². The van der Waals surface area contributed by atoms with E-state index in [0.29, 0.717) is 6.07 Å². The van der Waals surface area contributed by atoms with Crippen molar-refractivity contribution in [1.29, 1.82) is 0 Å². The molecule has 1 heterocycles. The first-order valence-corrected chi connectivity index (χ1v) is 5.52. The van der Waals surface area contributed by atoms with Crippen LogP contribution in [0.4, 0.5) is 8.78 Å². The minimum absolute atomic E-state index is 0.0449. The highest BCUT2D eigenvalue weighted by Gasteiger charge is 2.18. The zero-order chi connectivity index (χ0) is 13.3. The van der Waals surface area contributed by atoms with Gasteiger partial charge in [0.1, 0.15) is 11.6 Å². The summed E-state index contributed by atoms with van der Waals surface area (Å²) in [5, 5.41) is -0.223. The van der Waals surface area contributed by atoms with E-state index < -0.39 is 17.6 Å². The molecule has 0 bridgehead atoms. The molecule has 2 rings (SSSR count). The van der Waals surface area contributed by atoms with E-state index in [1.807, 2.05) is 0 Å². The first kappa shape index (κ1) is 12.7. The summed E-state index contributed by atoms with van der Waals surface area (Å²) < 4.78 is 31.4. The van der Waals surface area contributed by atoms with Crippen molar-refractivity contribution in [3.05, 3.63) is 40.6 Å². The molecule has 0 unspecified atom stereocenters. The Balaban J connectivity index is 2.67. The van der Waals surface area contributed by atoms with Crippen molar-refractivity contribution in [3.8, 4) is 0 Å². The average molecular weight is 272 g/mol. The highest BCUT2D eigenvalue weighted by atomic mass is 35.5. The van der Waals surface area contributed by atoms with Crippen molar-refractivity contribution in [2.45, 2.75) is 6.92 Å². The van der Waals surface area contributed by atoms with Gasteiger partial charge in [-0.2, -0.15) is 0 Å². The lowest BCUT2D eigenvalue weighted by atomic mass is 10.1. The molecule has 0 atom stereocenters. The maximum Gasteiger partial charge on any atom is 0.341 e. The average Bonchev–Trinajstić information content (AvgIpc) is 2.28. The van der Waals surface area contributed by atoms with Gasteiger partial charge in [0.05, 0.1) is 28.1 Å². The van der Waals surface area contributed by atoms with E-state index in [9.17, 15) is 13.6 Å². The van der Waals surface area contributed by atoms with Gasteiger partial charge >= 0.3 is 5.97 Å². The molecule has 3 nitrogen and oxygen atoms in total. The number of carbonyl (C=O) groups is 1. The largest absolute Gasteiger partial charge is 0.462 e. The maximum absolute atomic E-state index is 13.6. The monoisotopic (exact) mass is 271 g/mol. The summed E-state index contributed by atoms with van der Waals surface area (Å²) in [5.74, 6) is -2.32. The Morgan fingerprint density at radius 3 is 2.83 bits per heavy atom. The molecule has 1 aromatic heterocycles. The number of hydrogen-bond acceptors (Lipinski definition) is 3. The second kappa shape index (κ2) is 4.86. The predicted octanol–water partition coefficient (Wildman–Crippen LogP) is 3.34. The molecule has 0 spiro atoms. The van der Waals surface area contributed by atoms with E-state index in [-0.39, 0.29) is 28.1 Å². The number of fused-ring (bicyclic) bond motifs is 1. The van der Waals surface area contributed by atoms with Gasteiger partial charge in [0.15, 0.2) is 0 Å². The molecule has 0 amide bonds. The highest BCUT2D eigenvalue weighted by Crippen LogP contribution is 2.29. The number of aromatic nitrogens is 1. The predicted molar refractivity (Wildman–Crippen MR) is 62.6 cm³/mol. The molecule has 6 heteroatoms. The Kier molecular flexibility index (Phi) is 3.43. The second-order valence-corrected chi connectivity index (χ2v) is 3.87. The molecular weight excluding hydrogens is 264 g/mol. The van der Waals surface area contributed by atoms with E-state index in [2.05, 4.69) is 4.98 Å².